The molecular formula is C16H20N4. The zero-order chi connectivity index (χ0) is 13.9. The number of hydrogen-bond donors (Lipinski definition) is 1. The third kappa shape index (κ3) is 2.34. The van der Waals surface area contributed by atoms with Gasteiger partial charge in [-0.1, -0.05) is 18.2 Å². The lowest BCUT2D eigenvalue weighted by molar-refractivity contribution is 0.658. The minimum Gasteiger partial charge on any atom is -0.343 e. The van der Waals surface area contributed by atoms with E-state index >= 15 is 0 Å². The lowest BCUT2D eigenvalue weighted by Crippen LogP contribution is -2.07. The molecule has 0 saturated carbocycles. The van der Waals surface area contributed by atoms with Crippen LogP contribution >= 0.6 is 0 Å². The fourth-order valence-electron chi connectivity index (χ4n) is 2.66. The average molecular weight is 268 g/mol. The first-order chi connectivity index (χ1) is 9.81. The summed E-state index contributed by atoms with van der Waals surface area (Å²) in [7, 11) is 1.98. The molecular weight excluding hydrogens is 248 g/mol. The van der Waals surface area contributed by atoms with Crippen molar-refractivity contribution in [3.63, 3.8) is 0 Å². The molecule has 1 N–H and O–H groups in total. The first-order valence-electron chi connectivity index (χ1n) is 7.04. The summed E-state index contributed by atoms with van der Waals surface area (Å²) in [6.07, 6.45) is 6.23. The SMILES string of the molecule is CCn1cc(Cn2ccc3cccc(CNC)c32)cn1. The van der Waals surface area contributed by atoms with Gasteiger partial charge in [0.25, 0.3) is 0 Å². The Morgan fingerprint density at radius 3 is 2.90 bits per heavy atom. The number of para-hydroxylation sites is 1. The normalized spacial score (nSPS) is 11.3. The second kappa shape index (κ2) is 5.51. The third-order valence-electron chi connectivity index (χ3n) is 3.60. The first-order valence-corrected chi connectivity index (χ1v) is 7.04. The molecule has 0 aliphatic rings. The van der Waals surface area contributed by atoms with E-state index in [2.05, 4.69) is 58.6 Å². The van der Waals surface area contributed by atoms with Gasteiger partial charge in [-0.25, -0.2) is 0 Å². The van der Waals surface area contributed by atoms with Gasteiger partial charge in [-0.3, -0.25) is 4.68 Å². The average Bonchev–Trinajstić information content (AvgIpc) is 3.07. The molecule has 104 valence electrons. The van der Waals surface area contributed by atoms with Crippen LogP contribution in [0.25, 0.3) is 10.9 Å². The molecule has 0 saturated heterocycles. The Hall–Kier alpha value is -2.07. The fourth-order valence-corrected chi connectivity index (χ4v) is 2.66. The Morgan fingerprint density at radius 1 is 1.25 bits per heavy atom. The topological polar surface area (TPSA) is 34.8 Å². The summed E-state index contributed by atoms with van der Waals surface area (Å²) in [5, 5.41) is 8.88. The highest BCUT2D eigenvalue weighted by atomic mass is 15.3. The molecule has 20 heavy (non-hydrogen) atoms. The number of benzene rings is 1. The molecule has 4 nitrogen and oxygen atoms in total. The minimum atomic E-state index is 0.865. The molecule has 0 fully saturated rings. The van der Waals surface area contributed by atoms with Crippen molar-refractivity contribution < 1.29 is 0 Å². The van der Waals surface area contributed by atoms with Gasteiger partial charge in [0.2, 0.25) is 0 Å². The van der Waals surface area contributed by atoms with E-state index < -0.39 is 0 Å². The van der Waals surface area contributed by atoms with Crippen LogP contribution in [0, 0.1) is 0 Å². The minimum absolute atomic E-state index is 0.865. The van der Waals surface area contributed by atoms with Gasteiger partial charge >= 0.3 is 0 Å². The van der Waals surface area contributed by atoms with Crippen molar-refractivity contribution in [2.45, 2.75) is 26.6 Å². The quantitative estimate of drug-likeness (QED) is 0.772. The Labute approximate surface area is 119 Å². The molecule has 0 bridgehead atoms. The van der Waals surface area contributed by atoms with E-state index in [0.717, 1.165) is 19.6 Å². The highest BCUT2D eigenvalue weighted by Crippen LogP contribution is 2.21. The number of hydrogen-bond acceptors (Lipinski definition) is 2. The summed E-state index contributed by atoms with van der Waals surface area (Å²) >= 11 is 0. The van der Waals surface area contributed by atoms with E-state index in [1.165, 1.54) is 22.0 Å². The standard InChI is InChI=1S/C16H20N4/c1-3-20-12-13(9-18-20)11-19-8-7-14-5-4-6-15(10-17-2)16(14)19/h4-9,12,17H,3,10-11H2,1-2H3. The van der Waals surface area contributed by atoms with Crippen LogP contribution in [0.3, 0.4) is 0 Å². The van der Waals surface area contributed by atoms with Crippen LogP contribution in [0.4, 0.5) is 0 Å². The lowest BCUT2D eigenvalue weighted by Gasteiger charge is -2.08. The van der Waals surface area contributed by atoms with Gasteiger partial charge in [0.15, 0.2) is 0 Å². The highest BCUT2D eigenvalue weighted by Gasteiger charge is 2.07. The predicted molar refractivity (Wildman–Crippen MR) is 81.7 cm³/mol. The number of nitrogens with zero attached hydrogens (tertiary/aromatic N) is 3. The summed E-state index contributed by atoms with van der Waals surface area (Å²) in [6.45, 7) is 4.77. The molecule has 0 unspecified atom stereocenters. The molecule has 0 spiro atoms. The first kappa shape index (κ1) is 12.9. The van der Waals surface area contributed by atoms with E-state index in [9.17, 15) is 0 Å². The van der Waals surface area contributed by atoms with Gasteiger partial charge in [-0.15, -0.1) is 0 Å². The maximum Gasteiger partial charge on any atom is 0.0539 e. The van der Waals surface area contributed by atoms with Gasteiger partial charge in [-0.05, 0) is 31.0 Å². The van der Waals surface area contributed by atoms with Crippen LogP contribution in [-0.4, -0.2) is 21.4 Å². The van der Waals surface area contributed by atoms with Crippen molar-refractivity contribution in [1.82, 2.24) is 19.7 Å². The van der Waals surface area contributed by atoms with E-state index in [1.54, 1.807) is 0 Å². The molecule has 0 radical (unpaired) electrons. The summed E-state index contributed by atoms with van der Waals surface area (Å²) < 4.78 is 4.27. The molecule has 2 aromatic heterocycles. The maximum atomic E-state index is 4.35. The van der Waals surface area contributed by atoms with E-state index in [0.29, 0.717) is 0 Å². The van der Waals surface area contributed by atoms with Crippen molar-refractivity contribution >= 4 is 10.9 Å². The molecule has 1 aromatic carbocycles. The maximum absolute atomic E-state index is 4.35. The van der Waals surface area contributed by atoms with Gasteiger partial charge < -0.3 is 9.88 Å². The summed E-state index contributed by atoms with van der Waals surface area (Å²) in [4.78, 5) is 0. The molecule has 0 amide bonds. The van der Waals surface area contributed by atoms with E-state index in [4.69, 9.17) is 0 Å². The monoisotopic (exact) mass is 268 g/mol. The molecule has 0 aliphatic carbocycles. The smallest absolute Gasteiger partial charge is 0.0539 e. The van der Waals surface area contributed by atoms with Crippen LogP contribution in [0.1, 0.15) is 18.1 Å². The van der Waals surface area contributed by atoms with E-state index in [-0.39, 0.29) is 0 Å². The second-order valence-electron chi connectivity index (χ2n) is 5.03. The van der Waals surface area contributed by atoms with Crippen LogP contribution in [0.5, 0.6) is 0 Å². The van der Waals surface area contributed by atoms with Crippen molar-refractivity contribution in [3.05, 3.63) is 54.0 Å². The zero-order valence-electron chi connectivity index (χ0n) is 12.0. The van der Waals surface area contributed by atoms with Gasteiger partial charge in [0, 0.05) is 31.0 Å². The van der Waals surface area contributed by atoms with Crippen LogP contribution in [0.2, 0.25) is 0 Å². The summed E-state index contributed by atoms with van der Waals surface area (Å²) in [5.74, 6) is 0. The molecule has 3 rings (SSSR count). The highest BCUT2D eigenvalue weighted by molar-refractivity contribution is 5.83. The number of rotatable bonds is 5. The lowest BCUT2D eigenvalue weighted by atomic mass is 10.1. The van der Waals surface area contributed by atoms with Crippen molar-refractivity contribution in [2.75, 3.05) is 7.05 Å². The van der Waals surface area contributed by atoms with Crippen LogP contribution in [-0.2, 0) is 19.6 Å². The van der Waals surface area contributed by atoms with Crippen molar-refractivity contribution in [3.8, 4) is 0 Å². The molecule has 0 atom stereocenters. The van der Waals surface area contributed by atoms with Crippen LogP contribution in [0.15, 0.2) is 42.9 Å². The molecule has 2 heterocycles. The van der Waals surface area contributed by atoms with Gasteiger partial charge in [0.05, 0.1) is 18.3 Å². The predicted octanol–water partition coefficient (Wildman–Crippen LogP) is 2.63. The van der Waals surface area contributed by atoms with Gasteiger partial charge in [0.1, 0.15) is 0 Å². The summed E-state index contributed by atoms with van der Waals surface area (Å²) in [6, 6.07) is 8.65. The number of aryl methyl sites for hydroxylation is 1. The Bertz CT molecular complexity index is 708. The van der Waals surface area contributed by atoms with Gasteiger partial charge in [-0.2, -0.15) is 5.10 Å². The van der Waals surface area contributed by atoms with Crippen molar-refractivity contribution in [1.29, 1.82) is 0 Å². The van der Waals surface area contributed by atoms with E-state index in [1.807, 2.05) is 17.9 Å². The summed E-state index contributed by atoms with van der Waals surface area (Å²) in [5.41, 5.74) is 3.88. The number of aromatic nitrogens is 3. The fraction of sp³-hybridized carbons (Fsp3) is 0.312. The Balaban J connectivity index is 1.98. The molecule has 0 aliphatic heterocycles. The second-order valence-corrected chi connectivity index (χ2v) is 5.03. The Kier molecular flexibility index (Phi) is 3.56. The zero-order valence-corrected chi connectivity index (χ0v) is 12.0. The van der Waals surface area contributed by atoms with Crippen molar-refractivity contribution in [2.24, 2.45) is 0 Å². The van der Waals surface area contributed by atoms with Crippen LogP contribution < -0.4 is 5.32 Å². The Morgan fingerprint density at radius 2 is 2.15 bits per heavy atom. The number of fused-ring (bicyclic) bond motifs is 1. The molecule has 4 heteroatoms. The largest absolute Gasteiger partial charge is 0.343 e. The number of nitrogens with one attached hydrogen (secondary N) is 1. The third-order valence-corrected chi connectivity index (χ3v) is 3.60. The molecule has 3 aromatic rings.